The molecular formula is C14H22N2. The fraction of sp³-hybridized carbons (Fsp3) is 0.571. The molecule has 2 rings (SSSR count). The Morgan fingerprint density at radius 1 is 1.38 bits per heavy atom. The second-order valence-corrected chi connectivity index (χ2v) is 4.59. The molecule has 2 heteroatoms. The van der Waals surface area contributed by atoms with Gasteiger partial charge in [-0.1, -0.05) is 19.1 Å². The van der Waals surface area contributed by atoms with E-state index in [1.807, 2.05) is 0 Å². The van der Waals surface area contributed by atoms with E-state index in [-0.39, 0.29) is 0 Å². The van der Waals surface area contributed by atoms with Crippen LogP contribution in [0.5, 0.6) is 0 Å². The molecule has 0 atom stereocenters. The molecule has 1 aliphatic heterocycles. The summed E-state index contributed by atoms with van der Waals surface area (Å²) >= 11 is 0. The highest BCUT2D eigenvalue weighted by Crippen LogP contribution is 2.29. The molecule has 2 N–H and O–H groups in total. The molecule has 2 nitrogen and oxygen atoms in total. The maximum atomic E-state index is 5.54. The lowest BCUT2D eigenvalue weighted by molar-refractivity contribution is 0.796. The van der Waals surface area contributed by atoms with Crippen molar-refractivity contribution < 1.29 is 0 Å². The zero-order valence-corrected chi connectivity index (χ0v) is 10.2. The van der Waals surface area contributed by atoms with Crippen LogP contribution in [0.4, 0.5) is 5.69 Å². The van der Waals surface area contributed by atoms with Crippen LogP contribution in [0.2, 0.25) is 0 Å². The first kappa shape index (κ1) is 11.5. The van der Waals surface area contributed by atoms with Gasteiger partial charge in [0.05, 0.1) is 0 Å². The highest BCUT2D eigenvalue weighted by molar-refractivity contribution is 5.59. The van der Waals surface area contributed by atoms with E-state index in [9.17, 15) is 0 Å². The fourth-order valence-corrected chi connectivity index (χ4v) is 2.49. The number of nitrogens with two attached hydrogens (primary N) is 1. The molecule has 0 unspecified atom stereocenters. The number of fused-ring (bicyclic) bond motifs is 1. The van der Waals surface area contributed by atoms with E-state index in [4.69, 9.17) is 5.73 Å². The third kappa shape index (κ3) is 2.38. The lowest BCUT2D eigenvalue weighted by Crippen LogP contribution is -2.20. The number of anilines is 1. The van der Waals surface area contributed by atoms with Gasteiger partial charge in [0.1, 0.15) is 0 Å². The maximum absolute atomic E-state index is 5.54. The van der Waals surface area contributed by atoms with Crippen LogP contribution in [0, 0.1) is 0 Å². The summed E-state index contributed by atoms with van der Waals surface area (Å²) in [5.74, 6) is 0. The van der Waals surface area contributed by atoms with Crippen LogP contribution in [0.1, 0.15) is 30.9 Å². The van der Waals surface area contributed by atoms with Gasteiger partial charge in [0.2, 0.25) is 0 Å². The van der Waals surface area contributed by atoms with Gasteiger partial charge in [0.15, 0.2) is 0 Å². The van der Waals surface area contributed by atoms with Crippen molar-refractivity contribution in [1.29, 1.82) is 0 Å². The zero-order chi connectivity index (χ0) is 11.4. The normalized spacial score (nSPS) is 14.2. The number of rotatable bonds is 5. The minimum absolute atomic E-state index is 0.791. The van der Waals surface area contributed by atoms with Crippen LogP contribution in [-0.2, 0) is 12.8 Å². The Labute approximate surface area is 98.4 Å². The number of hydrogen-bond donors (Lipinski definition) is 1. The molecule has 0 spiro atoms. The molecule has 1 heterocycles. The lowest BCUT2D eigenvalue weighted by atomic mass is 10.0. The molecule has 16 heavy (non-hydrogen) atoms. The number of benzene rings is 1. The quantitative estimate of drug-likeness (QED) is 0.822. The highest BCUT2D eigenvalue weighted by atomic mass is 15.1. The molecule has 0 saturated carbocycles. The van der Waals surface area contributed by atoms with Gasteiger partial charge in [0.25, 0.3) is 0 Å². The van der Waals surface area contributed by atoms with Crippen molar-refractivity contribution in [3.05, 3.63) is 29.3 Å². The van der Waals surface area contributed by atoms with Crippen LogP contribution in [-0.4, -0.2) is 19.6 Å². The Bertz CT molecular complexity index is 347. The minimum atomic E-state index is 0.791. The second kappa shape index (κ2) is 5.35. The first-order valence-corrected chi connectivity index (χ1v) is 6.42. The van der Waals surface area contributed by atoms with E-state index in [0.29, 0.717) is 0 Å². The van der Waals surface area contributed by atoms with Crippen molar-refractivity contribution in [3.8, 4) is 0 Å². The summed E-state index contributed by atoms with van der Waals surface area (Å²) in [5.41, 5.74) is 9.98. The van der Waals surface area contributed by atoms with Gasteiger partial charge in [-0.3, -0.25) is 0 Å². The summed E-state index contributed by atoms with van der Waals surface area (Å²) < 4.78 is 0. The molecule has 0 aromatic heterocycles. The van der Waals surface area contributed by atoms with Crippen molar-refractivity contribution in [2.45, 2.75) is 32.6 Å². The van der Waals surface area contributed by atoms with Crippen molar-refractivity contribution in [2.24, 2.45) is 5.73 Å². The van der Waals surface area contributed by atoms with Crippen molar-refractivity contribution in [2.75, 3.05) is 24.5 Å². The summed E-state index contributed by atoms with van der Waals surface area (Å²) in [6, 6.07) is 6.94. The Balaban J connectivity index is 2.09. The number of nitrogens with zero attached hydrogens (tertiary/aromatic N) is 1. The molecule has 1 aromatic rings. The lowest BCUT2D eigenvalue weighted by Gasteiger charge is -2.18. The third-order valence-corrected chi connectivity index (χ3v) is 3.30. The van der Waals surface area contributed by atoms with Crippen LogP contribution >= 0.6 is 0 Å². The molecule has 0 saturated heterocycles. The van der Waals surface area contributed by atoms with Gasteiger partial charge in [-0.2, -0.15) is 0 Å². The monoisotopic (exact) mass is 218 g/mol. The SMILES string of the molecule is CCCN1CCc2cc(CCCN)ccc21. The number of aryl methyl sites for hydroxylation is 1. The predicted molar refractivity (Wildman–Crippen MR) is 70.0 cm³/mol. The first-order chi connectivity index (χ1) is 7.85. The van der Waals surface area contributed by atoms with E-state index >= 15 is 0 Å². The second-order valence-electron chi connectivity index (χ2n) is 4.59. The van der Waals surface area contributed by atoms with Crippen LogP contribution in [0.3, 0.4) is 0 Å². The molecule has 0 amide bonds. The average Bonchev–Trinajstić information content (AvgIpc) is 2.70. The molecule has 0 fully saturated rings. The largest absolute Gasteiger partial charge is 0.371 e. The third-order valence-electron chi connectivity index (χ3n) is 3.30. The molecule has 0 aliphatic carbocycles. The van der Waals surface area contributed by atoms with E-state index in [1.165, 1.54) is 42.7 Å². The average molecular weight is 218 g/mol. The Kier molecular flexibility index (Phi) is 3.83. The fourth-order valence-electron chi connectivity index (χ4n) is 2.49. The molecule has 88 valence electrons. The van der Waals surface area contributed by atoms with E-state index in [1.54, 1.807) is 0 Å². The van der Waals surface area contributed by atoms with Gasteiger partial charge in [-0.15, -0.1) is 0 Å². The standard InChI is InChI=1S/C14H22N2/c1-2-9-16-10-7-13-11-12(4-3-8-15)5-6-14(13)16/h5-6,11H,2-4,7-10,15H2,1H3. The highest BCUT2D eigenvalue weighted by Gasteiger charge is 2.17. The molecule has 1 aromatic carbocycles. The maximum Gasteiger partial charge on any atom is 0.0399 e. The number of hydrogen-bond acceptors (Lipinski definition) is 2. The van der Waals surface area contributed by atoms with Gasteiger partial charge >= 0.3 is 0 Å². The van der Waals surface area contributed by atoms with E-state index in [0.717, 1.165) is 19.4 Å². The van der Waals surface area contributed by atoms with Gasteiger partial charge < -0.3 is 10.6 Å². The molecular weight excluding hydrogens is 196 g/mol. The van der Waals surface area contributed by atoms with Crippen LogP contribution in [0.25, 0.3) is 0 Å². The summed E-state index contributed by atoms with van der Waals surface area (Å²) in [6.07, 6.45) is 4.66. The predicted octanol–water partition coefficient (Wildman–Crippen LogP) is 2.35. The smallest absolute Gasteiger partial charge is 0.0399 e. The molecule has 0 bridgehead atoms. The first-order valence-electron chi connectivity index (χ1n) is 6.42. The van der Waals surface area contributed by atoms with Crippen molar-refractivity contribution >= 4 is 5.69 Å². The van der Waals surface area contributed by atoms with Crippen LogP contribution < -0.4 is 10.6 Å². The summed E-state index contributed by atoms with van der Waals surface area (Å²) in [7, 11) is 0. The summed E-state index contributed by atoms with van der Waals surface area (Å²) in [4.78, 5) is 2.50. The zero-order valence-electron chi connectivity index (χ0n) is 10.2. The van der Waals surface area contributed by atoms with Gasteiger partial charge in [-0.05, 0) is 49.4 Å². The minimum Gasteiger partial charge on any atom is -0.371 e. The van der Waals surface area contributed by atoms with Crippen molar-refractivity contribution in [3.63, 3.8) is 0 Å². The van der Waals surface area contributed by atoms with Crippen LogP contribution in [0.15, 0.2) is 18.2 Å². The Morgan fingerprint density at radius 2 is 2.25 bits per heavy atom. The Hall–Kier alpha value is -1.02. The Morgan fingerprint density at radius 3 is 3.00 bits per heavy atom. The summed E-state index contributed by atoms with van der Waals surface area (Å²) in [5, 5.41) is 0. The topological polar surface area (TPSA) is 29.3 Å². The van der Waals surface area contributed by atoms with Gasteiger partial charge in [0, 0.05) is 18.8 Å². The molecule has 1 aliphatic rings. The van der Waals surface area contributed by atoms with Crippen molar-refractivity contribution in [1.82, 2.24) is 0 Å². The van der Waals surface area contributed by atoms with Gasteiger partial charge in [-0.25, -0.2) is 0 Å². The van der Waals surface area contributed by atoms with E-state index < -0.39 is 0 Å². The summed E-state index contributed by atoms with van der Waals surface area (Å²) in [6.45, 7) is 5.42. The molecule has 0 radical (unpaired) electrons. The van der Waals surface area contributed by atoms with E-state index in [2.05, 4.69) is 30.0 Å².